The molecule has 35 heavy (non-hydrogen) atoms. The Hall–Kier alpha value is -4.43. The van der Waals surface area contributed by atoms with Crippen LogP contribution < -0.4 is 10.6 Å². The number of hydrogen-bond donors (Lipinski definition) is 3. The van der Waals surface area contributed by atoms with E-state index in [1.54, 1.807) is 67.6 Å². The first-order valence-electron chi connectivity index (χ1n) is 10.4. The molecule has 1 aliphatic rings. The number of allylic oxidation sites excluding steroid dienone is 3. The molecule has 0 radical (unpaired) electrons. The van der Waals surface area contributed by atoms with Crippen molar-refractivity contribution in [1.29, 1.82) is 0 Å². The molecular weight excluding hydrogens is 470 g/mol. The number of hydrogen-bond acceptors (Lipinski definition) is 4. The van der Waals surface area contributed by atoms with E-state index in [0.717, 1.165) is 4.90 Å². The van der Waals surface area contributed by atoms with E-state index in [2.05, 4.69) is 17.2 Å². The van der Waals surface area contributed by atoms with E-state index in [1.165, 1.54) is 12.2 Å². The highest BCUT2D eigenvalue weighted by molar-refractivity contribution is 6.30. The molecule has 9 heteroatoms. The van der Waals surface area contributed by atoms with E-state index in [1.807, 2.05) is 0 Å². The molecule has 0 bridgehead atoms. The second kappa shape index (κ2) is 11.1. The molecule has 4 amide bonds. The standard InChI is InChI=1S/C26H22ClN3O5/c1-3-5-18(12-16(2)25(33)34)19-7-4-6-17(13-19)14-22-24(32)30(26(35)29-22)15-23(31)28-21-10-8-20(27)9-11-21/h3-14H,2,15H2,1H3,(H,28,31)(H,29,35)(H,33,34). The number of carbonyl (C=O) groups is 4. The van der Waals surface area contributed by atoms with E-state index in [0.29, 0.717) is 27.4 Å². The van der Waals surface area contributed by atoms with Crippen molar-refractivity contribution in [3.05, 3.63) is 101 Å². The molecule has 0 aliphatic carbocycles. The molecule has 1 aliphatic heterocycles. The van der Waals surface area contributed by atoms with Crippen molar-refractivity contribution < 1.29 is 24.3 Å². The van der Waals surface area contributed by atoms with E-state index >= 15 is 0 Å². The Balaban J connectivity index is 1.77. The monoisotopic (exact) mass is 491 g/mol. The van der Waals surface area contributed by atoms with Gasteiger partial charge in [-0.15, -0.1) is 0 Å². The van der Waals surface area contributed by atoms with E-state index in [9.17, 15) is 19.2 Å². The smallest absolute Gasteiger partial charge is 0.335 e. The van der Waals surface area contributed by atoms with Crippen LogP contribution in [-0.4, -0.2) is 40.4 Å². The van der Waals surface area contributed by atoms with Gasteiger partial charge in [0.05, 0.1) is 5.57 Å². The van der Waals surface area contributed by atoms with Gasteiger partial charge in [-0.25, -0.2) is 14.5 Å². The molecule has 1 heterocycles. The summed E-state index contributed by atoms with van der Waals surface area (Å²) in [6.07, 6.45) is 6.43. The molecule has 178 valence electrons. The fourth-order valence-electron chi connectivity index (χ4n) is 3.22. The van der Waals surface area contributed by atoms with Gasteiger partial charge in [0.1, 0.15) is 12.2 Å². The van der Waals surface area contributed by atoms with Crippen LogP contribution in [0.15, 0.2) is 84.6 Å². The van der Waals surface area contributed by atoms with Crippen LogP contribution >= 0.6 is 11.6 Å². The van der Waals surface area contributed by atoms with Gasteiger partial charge in [-0.2, -0.15) is 0 Å². The molecule has 1 saturated heterocycles. The highest BCUT2D eigenvalue weighted by Gasteiger charge is 2.34. The Morgan fingerprint density at radius 1 is 1.17 bits per heavy atom. The quantitative estimate of drug-likeness (QED) is 0.286. The van der Waals surface area contributed by atoms with Crippen molar-refractivity contribution in [2.45, 2.75) is 6.92 Å². The van der Waals surface area contributed by atoms with Crippen molar-refractivity contribution >= 4 is 52.8 Å². The van der Waals surface area contributed by atoms with Crippen molar-refractivity contribution in [3.63, 3.8) is 0 Å². The third-order valence-corrected chi connectivity index (χ3v) is 5.13. The summed E-state index contributed by atoms with van der Waals surface area (Å²) in [6.45, 7) is 4.87. The number of benzene rings is 2. The summed E-state index contributed by atoms with van der Waals surface area (Å²) in [7, 11) is 0. The van der Waals surface area contributed by atoms with Gasteiger partial charge in [-0.05, 0) is 66.1 Å². The summed E-state index contributed by atoms with van der Waals surface area (Å²) >= 11 is 5.83. The third-order valence-electron chi connectivity index (χ3n) is 4.87. The second-order valence-corrected chi connectivity index (χ2v) is 7.93. The molecule has 8 nitrogen and oxygen atoms in total. The Labute approximate surface area is 206 Å². The first kappa shape index (κ1) is 25.2. The summed E-state index contributed by atoms with van der Waals surface area (Å²) in [6, 6.07) is 12.7. The average molecular weight is 492 g/mol. The van der Waals surface area contributed by atoms with Crippen LogP contribution in [0, 0.1) is 0 Å². The zero-order chi connectivity index (χ0) is 25.5. The summed E-state index contributed by atoms with van der Waals surface area (Å²) in [5.41, 5.74) is 2.31. The van der Waals surface area contributed by atoms with Gasteiger partial charge >= 0.3 is 12.0 Å². The SMILES string of the molecule is C=C(C=C(C=CC)c1cccc(C=C2NC(=O)N(CC(=O)Nc3ccc(Cl)cc3)C2=O)c1)C(=O)O. The Morgan fingerprint density at radius 2 is 1.89 bits per heavy atom. The number of anilines is 1. The van der Waals surface area contributed by atoms with E-state index in [4.69, 9.17) is 16.7 Å². The normalized spacial score (nSPS) is 15.0. The Bertz CT molecular complexity index is 1290. The lowest BCUT2D eigenvalue weighted by Gasteiger charge is -2.12. The second-order valence-electron chi connectivity index (χ2n) is 7.49. The molecule has 0 saturated carbocycles. The largest absolute Gasteiger partial charge is 0.478 e. The van der Waals surface area contributed by atoms with Crippen LogP contribution in [0.5, 0.6) is 0 Å². The van der Waals surface area contributed by atoms with E-state index in [-0.39, 0.29) is 11.3 Å². The predicted molar refractivity (Wildman–Crippen MR) is 134 cm³/mol. The topological polar surface area (TPSA) is 116 Å². The number of nitrogens with one attached hydrogen (secondary N) is 2. The first-order chi connectivity index (χ1) is 16.7. The number of urea groups is 1. The minimum Gasteiger partial charge on any atom is -0.478 e. The Kier molecular flexibility index (Phi) is 8.01. The molecular formula is C26H22ClN3O5. The molecule has 0 unspecified atom stereocenters. The molecule has 2 aromatic rings. The van der Waals surface area contributed by atoms with Crippen molar-refractivity contribution in [2.75, 3.05) is 11.9 Å². The number of carboxylic acids is 1. The molecule has 0 aromatic heterocycles. The fourth-order valence-corrected chi connectivity index (χ4v) is 3.35. The maximum atomic E-state index is 12.8. The number of carboxylic acid groups (broad SMARTS) is 1. The lowest BCUT2D eigenvalue weighted by Crippen LogP contribution is -2.38. The highest BCUT2D eigenvalue weighted by Crippen LogP contribution is 2.22. The number of nitrogens with zero attached hydrogens (tertiary/aromatic N) is 1. The van der Waals surface area contributed by atoms with Crippen molar-refractivity contribution in [3.8, 4) is 0 Å². The maximum absolute atomic E-state index is 12.8. The number of rotatable bonds is 8. The molecule has 0 atom stereocenters. The van der Waals surface area contributed by atoms with Gasteiger partial charge in [0.15, 0.2) is 0 Å². The van der Waals surface area contributed by atoms with Gasteiger partial charge in [0, 0.05) is 10.7 Å². The van der Waals surface area contributed by atoms with Gasteiger partial charge < -0.3 is 15.7 Å². The molecule has 2 aromatic carbocycles. The lowest BCUT2D eigenvalue weighted by atomic mass is 10.00. The summed E-state index contributed by atoms with van der Waals surface area (Å²) in [5.74, 6) is -2.32. The van der Waals surface area contributed by atoms with Crippen LogP contribution in [0.25, 0.3) is 11.6 Å². The van der Waals surface area contributed by atoms with Crippen LogP contribution in [0.3, 0.4) is 0 Å². The molecule has 3 N–H and O–H groups in total. The van der Waals surface area contributed by atoms with E-state index < -0.39 is 30.4 Å². The fraction of sp³-hybridized carbons (Fsp3) is 0.0769. The van der Waals surface area contributed by atoms with Crippen LogP contribution in [0.1, 0.15) is 18.1 Å². The van der Waals surface area contributed by atoms with Gasteiger partial charge in [-0.1, -0.05) is 48.5 Å². The minimum absolute atomic E-state index is 0.0120. The number of halogens is 1. The number of imide groups is 1. The number of aliphatic carboxylic acids is 1. The zero-order valence-electron chi connectivity index (χ0n) is 18.7. The molecule has 1 fully saturated rings. The zero-order valence-corrected chi connectivity index (χ0v) is 19.5. The number of amides is 4. The lowest BCUT2D eigenvalue weighted by molar-refractivity contribution is -0.132. The van der Waals surface area contributed by atoms with Gasteiger partial charge in [-0.3, -0.25) is 9.59 Å². The van der Waals surface area contributed by atoms with Gasteiger partial charge in [0.25, 0.3) is 5.91 Å². The highest BCUT2D eigenvalue weighted by atomic mass is 35.5. The van der Waals surface area contributed by atoms with Crippen LogP contribution in [0.2, 0.25) is 5.02 Å². The minimum atomic E-state index is -1.13. The first-order valence-corrected chi connectivity index (χ1v) is 10.8. The predicted octanol–water partition coefficient (Wildman–Crippen LogP) is 4.47. The summed E-state index contributed by atoms with van der Waals surface area (Å²) in [5, 5.41) is 14.7. The maximum Gasteiger partial charge on any atom is 0.335 e. The van der Waals surface area contributed by atoms with Crippen molar-refractivity contribution in [1.82, 2.24) is 10.2 Å². The van der Waals surface area contributed by atoms with Crippen molar-refractivity contribution in [2.24, 2.45) is 0 Å². The molecule has 3 rings (SSSR count). The van der Waals surface area contributed by atoms with Gasteiger partial charge in [0.2, 0.25) is 5.91 Å². The summed E-state index contributed by atoms with van der Waals surface area (Å²) < 4.78 is 0. The Morgan fingerprint density at radius 3 is 2.54 bits per heavy atom. The number of carbonyl (C=O) groups excluding carboxylic acids is 3. The molecule has 0 spiro atoms. The summed E-state index contributed by atoms with van der Waals surface area (Å²) in [4.78, 5) is 49.4. The average Bonchev–Trinajstić information content (AvgIpc) is 3.07. The van der Waals surface area contributed by atoms with Crippen LogP contribution in [0.4, 0.5) is 10.5 Å². The van der Waals surface area contributed by atoms with Crippen LogP contribution in [-0.2, 0) is 14.4 Å². The third kappa shape index (κ3) is 6.55.